The summed E-state index contributed by atoms with van der Waals surface area (Å²) in [5.41, 5.74) is 4.91. The maximum absolute atomic E-state index is 13.1. The van der Waals surface area contributed by atoms with E-state index in [4.69, 9.17) is 4.74 Å². The van der Waals surface area contributed by atoms with Crippen molar-refractivity contribution in [2.24, 2.45) is 0 Å². The van der Waals surface area contributed by atoms with E-state index < -0.39 is 24.0 Å². The summed E-state index contributed by atoms with van der Waals surface area (Å²) >= 11 is 0. The molecule has 0 aliphatic carbocycles. The van der Waals surface area contributed by atoms with E-state index in [1.54, 1.807) is 30.1 Å². The maximum atomic E-state index is 13.1. The zero-order chi connectivity index (χ0) is 23.1. The number of nitrogens with one attached hydrogen (secondary N) is 2. The van der Waals surface area contributed by atoms with Gasteiger partial charge in [-0.3, -0.25) is 14.4 Å². The van der Waals surface area contributed by atoms with Crippen LogP contribution in [0.2, 0.25) is 0 Å². The average Bonchev–Trinajstić information content (AvgIpc) is 3.11. The third kappa shape index (κ3) is 3.99. The van der Waals surface area contributed by atoms with Crippen molar-refractivity contribution in [1.29, 1.82) is 0 Å². The summed E-state index contributed by atoms with van der Waals surface area (Å²) in [5, 5.41) is 16.6. The highest BCUT2D eigenvalue weighted by atomic mass is 16.5. The molecule has 0 aromatic heterocycles. The van der Waals surface area contributed by atoms with Crippen molar-refractivity contribution in [3.05, 3.63) is 58.7 Å². The van der Waals surface area contributed by atoms with Crippen molar-refractivity contribution in [2.75, 3.05) is 37.0 Å². The van der Waals surface area contributed by atoms with Gasteiger partial charge in [-0.2, -0.15) is 0 Å². The minimum atomic E-state index is -1.67. The molecule has 3 aliphatic rings. The van der Waals surface area contributed by atoms with E-state index in [2.05, 4.69) is 10.6 Å². The zero-order valence-electron chi connectivity index (χ0n) is 18.3. The number of amides is 3. The molecule has 33 heavy (non-hydrogen) atoms. The number of benzene rings is 2. The average molecular weight is 450 g/mol. The lowest BCUT2D eigenvalue weighted by atomic mass is 10.0. The van der Waals surface area contributed by atoms with Gasteiger partial charge in [0.25, 0.3) is 17.7 Å². The van der Waals surface area contributed by atoms with Crippen LogP contribution in [0.25, 0.3) is 0 Å². The van der Waals surface area contributed by atoms with Gasteiger partial charge < -0.3 is 30.3 Å². The molecule has 172 valence electrons. The van der Waals surface area contributed by atoms with Crippen LogP contribution in [0.3, 0.4) is 0 Å². The van der Waals surface area contributed by atoms with E-state index in [1.165, 1.54) is 10.5 Å². The molecular weight excluding hydrogens is 424 g/mol. The lowest BCUT2D eigenvalue weighted by Crippen LogP contribution is -2.55. The standard InChI is InChI=1S/C24H26N4O5/c1-27-13-16-3-5-18(11-19(16)23(27)31)28-8-9-33-21(24(28)32)20(29)22(30)26-17-4-2-15-12-25-7-6-14(15)10-17/h2-5,10-11,20-21,25,29H,6-9,12-13H2,1H3,(H,26,30)/t20-,21?/m1/s1. The molecule has 1 saturated heterocycles. The van der Waals surface area contributed by atoms with Crippen LogP contribution in [0, 0.1) is 0 Å². The SMILES string of the molecule is CN1Cc2ccc(N3CCOC([C@@H](O)C(=O)Nc4ccc5c(c4)CCNC5)C3=O)cc2C1=O. The fraction of sp³-hybridized carbons (Fsp3) is 0.375. The summed E-state index contributed by atoms with van der Waals surface area (Å²) in [6.45, 7) is 2.63. The highest BCUT2D eigenvalue weighted by Gasteiger charge is 2.40. The highest BCUT2D eigenvalue weighted by Crippen LogP contribution is 2.28. The van der Waals surface area contributed by atoms with E-state index in [0.717, 1.165) is 30.6 Å². The molecule has 0 radical (unpaired) electrons. The van der Waals surface area contributed by atoms with Gasteiger partial charge in [-0.05, 0) is 53.9 Å². The van der Waals surface area contributed by atoms with Crippen LogP contribution < -0.4 is 15.5 Å². The Bertz CT molecular complexity index is 1130. The summed E-state index contributed by atoms with van der Waals surface area (Å²) in [5.74, 6) is -1.31. The molecule has 0 spiro atoms. The van der Waals surface area contributed by atoms with Crippen molar-refractivity contribution in [2.45, 2.75) is 31.7 Å². The van der Waals surface area contributed by atoms with Crippen molar-refractivity contribution < 1.29 is 24.2 Å². The number of fused-ring (bicyclic) bond motifs is 2. The van der Waals surface area contributed by atoms with Gasteiger partial charge in [-0.25, -0.2) is 0 Å². The first-order valence-corrected chi connectivity index (χ1v) is 11.0. The molecule has 5 rings (SSSR count). The van der Waals surface area contributed by atoms with Crippen LogP contribution in [0.1, 0.15) is 27.0 Å². The van der Waals surface area contributed by atoms with Gasteiger partial charge in [0.1, 0.15) is 0 Å². The van der Waals surface area contributed by atoms with E-state index in [0.29, 0.717) is 23.5 Å². The largest absolute Gasteiger partial charge is 0.380 e. The van der Waals surface area contributed by atoms with Gasteiger partial charge in [0.2, 0.25) is 0 Å². The van der Waals surface area contributed by atoms with Crippen LogP contribution in [-0.2, 0) is 33.8 Å². The van der Waals surface area contributed by atoms with Gasteiger partial charge in [0.15, 0.2) is 12.2 Å². The quantitative estimate of drug-likeness (QED) is 0.631. The molecule has 2 aromatic rings. The number of hydrogen-bond acceptors (Lipinski definition) is 6. The molecule has 1 unspecified atom stereocenters. The zero-order valence-corrected chi connectivity index (χ0v) is 18.3. The molecule has 9 nitrogen and oxygen atoms in total. The maximum Gasteiger partial charge on any atom is 0.259 e. The van der Waals surface area contributed by atoms with E-state index >= 15 is 0 Å². The smallest absolute Gasteiger partial charge is 0.259 e. The number of nitrogens with zero attached hydrogens (tertiary/aromatic N) is 2. The van der Waals surface area contributed by atoms with Gasteiger partial charge in [-0.1, -0.05) is 12.1 Å². The monoisotopic (exact) mass is 450 g/mol. The van der Waals surface area contributed by atoms with Gasteiger partial charge in [-0.15, -0.1) is 0 Å². The normalized spacial score (nSPS) is 21.0. The lowest BCUT2D eigenvalue weighted by molar-refractivity contribution is -0.150. The minimum absolute atomic E-state index is 0.0932. The number of carbonyl (C=O) groups excluding carboxylic acids is 3. The molecule has 2 atom stereocenters. The summed E-state index contributed by atoms with van der Waals surface area (Å²) in [6.07, 6.45) is -2.13. The van der Waals surface area contributed by atoms with Crippen LogP contribution in [0.5, 0.6) is 0 Å². The molecule has 0 bridgehead atoms. The summed E-state index contributed by atoms with van der Waals surface area (Å²) in [4.78, 5) is 41.3. The number of morpholine rings is 1. The Hall–Kier alpha value is -3.27. The van der Waals surface area contributed by atoms with Crippen LogP contribution in [0.15, 0.2) is 36.4 Å². The van der Waals surface area contributed by atoms with Crippen molar-refractivity contribution in [1.82, 2.24) is 10.2 Å². The molecule has 0 saturated carbocycles. The van der Waals surface area contributed by atoms with E-state index in [9.17, 15) is 19.5 Å². The van der Waals surface area contributed by atoms with Crippen LogP contribution in [0.4, 0.5) is 11.4 Å². The topological polar surface area (TPSA) is 111 Å². The summed E-state index contributed by atoms with van der Waals surface area (Å²) < 4.78 is 5.50. The Morgan fingerprint density at radius 2 is 2.00 bits per heavy atom. The van der Waals surface area contributed by atoms with Crippen LogP contribution >= 0.6 is 0 Å². The van der Waals surface area contributed by atoms with Crippen molar-refractivity contribution in [3.63, 3.8) is 0 Å². The number of aliphatic hydroxyl groups is 1. The second-order valence-electron chi connectivity index (χ2n) is 8.63. The predicted octanol–water partition coefficient (Wildman–Crippen LogP) is 0.649. The van der Waals surface area contributed by atoms with Gasteiger partial charge in [0, 0.05) is 43.6 Å². The minimum Gasteiger partial charge on any atom is -0.380 e. The predicted molar refractivity (Wildman–Crippen MR) is 121 cm³/mol. The number of carbonyl (C=O) groups is 3. The number of aliphatic hydroxyl groups excluding tert-OH is 1. The first kappa shape index (κ1) is 21.6. The Balaban J connectivity index is 1.30. The molecular formula is C24H26N4O5. The van der Waals surface area contributed by atoms with Crippen LogP contribution in [-0.4, -0.2) is 66.7 Å². The summed E-state index contributed by atoms with van der Waals surface area (Å²) in [7, 11) is 1.73. The lowest BCUT2D eigenvalue weighted by Gasteiger charge is -2.34. The Morgan fingerprint density at radius 1 is 1.18 bits per heavy atom. The first-order chi connectivity index (χ1) is 15.9. The summed E-state index contributed by atoms with van der Waals surface area (Å²) in [6, 6.07) is 10.9. The van der Waals surface area contributed by atoms with E-state index in [-0.39, 0.29) is 19.1 Å². The molecule has 1 fully saturated rings. The second-order valence-corrected chi connectivity index (χ2v) is 8.63. The Morgan fingerprint density at radius 3 is 2.85 bits per heavy atom. The molecule has 3 aliphatic heterocycles. The third-order valence-electron chi connectivity index (χ3n) is 6.43. The molecule has 3 heterocycles. The fourth-order valence-corrected chi connectivity index (χ4v) is 4.60. The van der Waals surface area contributed by atoms with Crippen molar-refractivity contribution >= 4 is 29.1 Å². The molecule has 2 aromatic carbocycles. The fourth-order valence-electron chi connectivity index (χ4n) is 4.60. The van der Waals surface area contributed by atoms with E-state index in [1.807, 2.05) is 18.2 Å². The van der Waals surface area contributed by atoms with Gasteiger partial charge in [0.05, 0.1) is 6.61 Å². The number of hydrogen-bond donors (Lipinski definition) is 3. The molecule has 3 N–H and O–H groups in total. The third-order valence-corrected chi connectivity index (χ3v) is 6.43. The number of anilines is 2. The number of rotatable bonds is 4. The molecule has 9 heteroatoms. The second kappa shape index (κ2) is 8.58. The first-order valence-electron chi connectivity index (χ1n) is 11.0. The molecule has 3 amide bonds. The van der Waals surface area contributed by atoms with Crippen molar-refractivity contribution in [3.8, 4) is 0 Å². The highest BCUT2D eigenvalue weighted by molar-refractivity contribution is 6.05. The van der Waals surface area contributed by atoms with Gasteiger partial charge >= 0.3 is 0 Å². The Labute approximate surface area is 191 Å². The Kier molecular flexibility index (Phi) is 5.61. The number of ether oxygens (including phenoxy) is 1.